The Kier molecular flexibility index (Phi) is 37.0. The molecule has 0 aliphatic rings. The highest BCUT2D eigenvalue weighted by atomic mass is 16.6. The van der Waals surface area contributed by atoms with Gasteiger partial charge in [0.1, 0.15) is 29.9 Å². The Morgan fingerprint density at radius 3 is 1.39 bits per heavy atom. The predicted octanol–water partition coefficient (Wildman–Crippen LogP) is 12.9. The van der Waals surface area contributed by atoms with Crippen molar-refractivity contribution >= 4 is 41.4 Å². The van der Waals surface area contributed by atoms with E-state index in [0.717, 1.165) is 38.5 Å². The maximum Gasteiger partial charge on any atom is 0.329 e. The molecule has 0 aliphatic heterocycles. The Bertz CT molecular complexity index is 1620. The summed E-state index contributed by atoms with van der Waals surface area (Å²) in [5.41, 5.74) is 5.22. The van der Waals surface area contributed by atoms with Crippen LogP contribution >= 0.6 is 0 Å². The summed E-state index contributed by atoms with van der Waals surface area (Å²) in [5, 5.41) is 5.37. The van der Waals surface area contributed by atoms with Gasteiger partial charge in [0.25, 0.3) is 5.91 Å². The summed E-state index contributed by atoms with van der Waals surface area (Å²) in [6.45, 7) is 14.3. The Balaban J connectivity index is 2.68. The van der Waals surface area contributed by atoms with Gasteiger partial charge in [-0.25, -0.2) is 4.79 Å². The maximum atomic E-state index is 13.2. The molecule has 3 atom stereocenters. The molecule has 414 valence electrons. The van der Waals surface area contributed by atoms with Crippen LogP contribution in [0.2, 0.25) is 0 Å². The van der Waals surface area contributed by atoms with E-state index in [2.05, 4.69) is 24.5 Å². The van der Waals surface area contributed by atoms with Gasteiger partial charge in [-0.05, 0) is 85.1 Å². The molecule has 72 heavy (non-hydrogen) atoms. The fourth-order valence-electron chi connectivity index (χ4n) is 8.05. The molecule has 2 amide bonds. The normalized spacial score (nSPS) is 12.9. The lowest BCUT2D eigenvalue weighted by atomic mass is 10.0. The molecule has 0 saturated carbocycles. The molecule has 0 fully saturated rings. The second kappa shape index (κ2) is 40.4. The molecular formula is C58H101N3O11. The minimum absolute atomic E-state index is 0.0307. The van der Waals surface area contributed by atoms with E-state index in [-0.39, 0.29) is 63.0 Å². The van der Waals surface area contributed by atoms with E-state index in [1.165, 1.54) is 146 Å². The van der Waals surface area contributed by atoms with Gasteiger partial charge in [-0.2, -0.15) is 0 Å². The van der Waals surface area contributed by atoms with Crippen molar-refractivity contribution in [1.82, 2.24) is 5.32 Å². The highest BCUT2D eigenvalue weighted by Crippen LogP contribution is 2.18. The van der Waals surface area contributed by atoms with E-state index in [1.54, 1.807) is 41.5 Å². The number of hydrogen-bond donors (Lipinski definition) is 3. The molecule has 14 nitrogen and oxygen atoms in total. The average molecular weight is 1020 g/mol. The third-order valence-corrected chi connectivity index (χ3v) is 12.1. The van der Waals surface area contributed by atoms with Gasteiger partial charge in [-0.3, -0.25) is 24.0 Å². The van der Waals surface area contributed by atoms with Gasteiger partial charge in [-0.15, -0.1) is 0 Å². The topological polar surface area (TPSA) is 199 Å². The van der Waals surface area contributed by atoms with E-state index in [1.807, 2.05) is 0 Å². The van der Waals surface area contributed by atoms with Crippen LogP contribution in [0, 0.1) is 0 Å². The Morgan fingerprint density at radius 1 is 0.514 bits per heavy atom. The maximum absolute atomic E-state index is 13.2. The molecule has 1 unspecified atom stereocenters. The number of unbranched alkanes of at least 4 members (excludes halogenated alkanes) is 24. The van der Waals surface area contributed by atoms with Gasteiger partial charge < -0.3 is 40.1 Å². The Hall–Kier alpha value is -4.04. The minimum Gasteiger partial charge on any atom is -0.462 e. The zero-order valence-electron chi connectivity index (χ0n) is 46.4. The third kappa shape index (κ3) is 37.7. The van der Waals surface area contributed by atoms with Crippen molar-refractivity contribution in [3.8, 4) is 0 Å². The number of hydrogen-bond acceptors (Lipinski definition) is 12. The van der Waals surface area contributed by atoms with Crippen LogP contribution in [-0.2, 0) is 47.7 Å². The van der Waals surface area contributed by atoms with E-state index in [9.17, 15) is 28.8 Å². The number of carbonyl (C=O) groups is 6. The highest BCUT2D eigenvalue weighted by Gasteiger charge is 2.29. The zero-order chi connectivity index (χ0) is 53.5. The van der Waals surface area contributed by atoms with E-state index < -0.39 is 53.1 Å². The molecule has 1 aromatic carbocycles. The van der Waals surface area contributed by atoms with Crippen LogP contribution in [0.4, 0.5) is 5.69 Å². The number of nitrogens with one attached hydrogen (secondary N) is 2. The van der Waals surface area contributed by atoms with Gasteiger partial charge in [0.15, 0.2) is 6.10 Å². The van der Waals surface area contributed by atoms with Crippen LogP contribution in [0.3, 0.4) is 0 Å². The summed E-state index contributed by atoms with van der Waals surface area (Å²) >= 11 is 0. The zero-order valence-corrected chi connectivity index (χ0v) is 46.4. The molecule has 1 rings (SSSR count). The Morgan fingerprint density at radius 2 is 0.944 bits per heavy atom. The number of rotatable bonds is 43. The first-order chi connectivity index (χ1) is 34.3. The summed E-state index contributed by atoms with van der Waals surface area (Å²) < 4.78 is 27.9. The molecule has 0 heterocycles. The van der Waals surface area contributed by atoms with E-state index in [4.69, 9.17) is 29.4 Å². The number of anilines is 1. The predicted molar refractivity (Wildman–Crippen MR) is 288 cm³/mol. The second-order valence-corrected chi connectivity index (χ2v) is 21.7. The average Bonchev–Trinajstić information content (AvgIpc) is 3.31. The summed E-state index contributed by atoms with van der Waals surface area (Å²) in [4.78, 5) is 77.4. The van der Waals surface area contributed by atoms with Crippen molar-refractivity contribution in [2.75, 3.05) is 25.1 Å². The SMILES string of the molecule is CCCCCCCCCCCCCCCC(=O)OCC(COC[C@H](N)C(=O)Nc1ccc(C(=O)N[C@@H](CCC(=O)OC(C)(C)C)C(=O)OC(C)(C)C)cc1)OC(=O)CCCCCCCCCCCCCCC. The van der Waals surface area contributed by atoms with Crippen molar-refractivity contribution in [1.29, 1.82) is 0 Å². The fourth-order valence-corrected chi connectivity index (χ4v) is 8.05. The quantitative estimate of drug-likeness (QED) is 0.0318. The molecular weight excluding hydrogens is 915 g/mol. The molecule has 4 N–H and O–H groups in total. The van der Waals surface area contributed by atoms with Crippen molar-refractivity contribution in [3.05, 3.63) is 29.8 Å². The first kappa shape index (κ1) is 66.0. The van der Waals surface area contributed by atoms with Crippen LogP contribution in [0.25, 0.3) is 0 Å². The van der Waals surface area contributed by atoms with Gasteiger partial charge in [0.2, 0.25) is 5.91 Å². The van der Waals surface area contributed by atoms with Crippen LogP contribution in [-0.4, -0.2) is 84.9 Å². The van der Waals surface area contributed by atoms with Crippen molar-refractivity contribution in [2.45, 2.75) is 277 Å². The van der Waals surface area contributed by atoms with Crippen molar-refractivity contribution in [3.63, 3.8) is 0 Å². The molecule has 0 aliphatic carbocycles. The highest BCUT2D eigenvalue weighted by molar-refractivity contribution is 5.98. The summed E-state index contributed by atoms with van der Waals surface area (Å²) in [5.74, 6) is -3.07. The van der Waals surface area contributed by atoms with Gasteiger partial charge in [0.05, 0.1) is 13.2 Å². The second-order valence-electron chi connectivity index (χ2n) is 21.7. The fraction of sp³-hybridized carbons (Fsp3) is 0.793. The third-order valence-electron chi connectivity index (χ3n) is 12.1. The van der Waals surface area contributed by atoms with Crippen LogP contribution in [0.1, 0.15) is 258 Å². The molecule has 0 aromatic heterocycles. The molecule has 0 saturated heterocycles. The van der Waals surface area contributed by atoms with Crippen LogP contribution in [0.5, 0.6) is 0 Å². The van der Waals surface area contributed by atoms with Crippen LogP contribution < -0.4 is 16.4 Å². The molecule has 14 heteroatoms. The van der Waals surface area contributed by atoms with Crippen molar-refractivity contribution in [2.24, 2.45) is 5.73 Å². The molecule has 0 bridgehead atoms. The molecule has 1 aromatic rings. The Labute approximate surface area is 435 Å². The van der Waals surface area contributed by atoms with Gasteiger partial charge in [0, 0.05) is 30.5 Å². The first-order valence-corrected chi connectivity index (χ1v) is 28.2. The molecule has 0 radical (unpaired) electrons. The number of esters is 4. The number of carbonyl (C=O) groups excluding carboxylic acids is 6. The standard InChI is InChI=1S/C58H101N3O11/c1-9-11-13-15-17-19-21-23-25-27-29-31-33-35-51(62)69-44-48(70-52(63)36-34-32-30-28-26-24-22-20-18-16-14-12-10-2)43-68-45-49(59)55(66)60-47-39-37-46(38-40-47)54(65)61-50(56(67)72-58(6,7)8)41-42-53(64)71-57(3,4)5/h37-40,48-50H,9-36,41-45,59H2,1-8H3,(H,60,66)(H,61,65)/t48?,49-,50-/m0/s1. The number of benzene rings is 1. The summed E-state index contributed by atoms with van der Waals surface area (Å²) in [7, 11) is 0. The van der Waals surface area contributed by atoms with Gasteiger partial charge >= 0.3 is 23.9 Å². The number of ether oxygens (including phenoxy) is 5. The lowest BCUT2D eigenvalue weighted by Crippen LogP contribution is -2.44. The minimum atomic E-state index is -1.12. The lowest BCUT2D eigenvalue weighted by molar-refractivity contribution is -0.163. The first-order valence-electron chi connectivity index (χ1n) is 28.2. The van der Waals surface area contributed by atoms with E-state index in [0.29, 0.717) is 12.1 Å². The summed E-state index contributed by atoms with van der Waals surface area (Å²) in [6, 6.07) is 3.77. The number of amides is 2. The van der Waals surface area contributed by atoms with Gasteiger partial charge in [-0.1, -0.05) is 168 Å². The number of nitrogens with two attached hydrogens (primary N) is 1. The monoisotopic (exact) mass is 1020 g/mol. The largest absolute Gasteiger partial charge is 0.462 e. The lowest BCUT2D eigenvalue weighted by Gasteiger charge is -2.25. The summed E-state index contributed by atoms with van der Waals surface area (Å²) in [6.07, 6.45) is 30.9. The molecule has 0 spiro atoms. The van der Waals surface area contributed by atoms with E-state index >= 15 is 0 Å². The smallest absolute Gasteiger partial charge is 0.329 e. The van der Waals surface area contributed by atoms with Crippen molar-refractivity contribution < 1.29 is 52.5 Å². The van der Waals surface area contributed by atoms with Crippen LogP contribution in [0.15, 0.2) is 24.3 Å².